The van der Waals surface area contributed by atoms with Gasteiger partial charge in [-0.15, -0.1) is 0 Å². The zero-order valence-electron chi connectivity index (χ0n) is 7.59. The minimum Gasteiger partial charge on any atom is -0.361 e. The topological polar surface area (TPSA) is 15.8 Å². The normalized spacial score (nSPS) is 10.8. The summed E-state index contributed by atoms with van der Waals surface area (Å²) in [6, 6.07) is 8.37. The number of nitrogens with one attached hydrogen (secondary N) is 1. The first-order valence-corrected chi connectivity index (χ1v) is 4.57. The van der Waals surface area contributed by atoms with Crippen LogP contribution in [0.2, 0.25) is 0 Å². The van der Waals surface area contributed by atoms with Crippen molar-refractivity contribution < 1.29 is 0 Å². The molecule has 0 saturated heterocycles. The molecule has 2 rings (SSSR count). The van der Waals surface area contributed by atoms with E-state index in [9.17, 15) is 0 Å². The molecular weight excluding hydrogens is 158 g/mol. The second kappa shape index (κ2) is 3.65. The number of benzene rings is 1. The lowest BCUT2D eigenvalue weighted by molar-refractivity contribution is 1.07. The van der Waals surface area contributed by atoms with E-state index in [2.05, 4.69) is 42.7 Å². The monoisotopic (exact) mass is 171 g/mol. The van der Waals surface area contributed by atoms with Gasteiger partial charge < -0.3 is 4.98 Å². The van der Waals surface area contributed by atoms with Crippen molar-refractivity contribution in [2.45, 2.75) is 12.8 Å². The molecule has 0 unspecified atom stereocenters. The van der Waals surface area contributed by atoms with Gasteiger partial charge in [0.25, 0.3) is 0 Å². The third kappa shape index (κ3) is 1.59. The van der Waals surface area contributed by atoms with Crippen LogP contribution in [0.25, 0.3) is 10.9 Å². The fraction of sp³-hybridized carbons (Fsp3) is 0.167. The molecule has 2 radical (unpaired) electrons. The number of hydrogen-bond donors (Lipinski definition) is 1. The Morgan fingerprint density at radius 2 is 2.15 bits per heavy atom. The Bertz CT molecular complexity index is 387. The number of unbranched alkanes of at least 4 members (excludes halogenated alkanes) is 1. The first-order valence-electron chi connectivity index (χ1n) is 4.57. The zero-order chi connectivity index (χ0) is 9.10. The average Bonchev–Trinajstić information content (AvgIpc) is 2.58. The molecule has 0 atom stereocenters. The van der Waals surface area contributed by atoms with Gasteiger partial charge in [0.05, 0.1) is 0 Å². The third-order valence-corrected chi connectivity index (χ3v) is 2.24. The van der Waals surface area contributed by atoms with Gasteiger partial charge in [0.1, 0.15) is 0 Å². The van der Waals surface area contributed by atoms with E-state index >= 15 is 0 Å². The van der Waals surface area contributed by atoms with E-state index in [1.807, 2.05) is 6.07 Å². The standard InChI is InChI=1S/C12H13N/c1-2-3-6-10-9-13-12-8-5-4-7-11(10)12/h3-5,7-9,13H,1-2,6H2. The van der Waals surface area contributed by atoms with Crippen molar-refractivity contribution >= 4 is 10.9 Å². The second-order valence-electron chi connectivity index (χ2n) is 3.14. The van der Waals surface area contributed by atoms with Gasteiger partial charge in [0.15, 0.2) is 0 Å². The highest BCUT2D eigenvalue weighted by atomic mass is 14.7. The molecule has 1 aromatic carbocycles. The smallest absolute Gasteiger partial charge is 0.0456 e. The molecule has 0 aliphatic rings. The molecule has 1 N–H and O–H groups in total. The number of aromatic amines is 1. The van der Waals surface area contributed by atoms with Crippen molar-refractivity contribution in [1.82, 2.24) is 4.98 Å². The van der Waals surface area contributed by atoms with Crippen LogP contribution >= 0.6 is 0 Å². The molecule has 1 nitrogen and oxygen atoms in total. The van der Waals surface area contributed by atoms with E-state index in [1.165, 1.54) is 16.5 Å². The van der Waals surface area contributed by atoms with Crippen molar-refractivity contribution in [3.05, 3.63) is 49.4 Å². The van der Waals surface area contributed by atoms with Crippen molar-refractivity contribution in [2.75, 3.05) is 0 Å². The molecule has 0 spiro atoms. The van der Waals surface area contributed by atoms with Gasteiger partial charge in [-0.3, -0.25) is 0 Å². The molecule has 66 valence electrons. The Labute approximate surface area is 78.8 Å². The van der Waals surface area contributed by atoms with Gasteiger partial charge in [-0.2, -0.15) is 0 Å². The first-order chi connectivity index (χ1) is 6.42. The molecule has 1 heterocycles. The largest absolute Gasteiger partial charge is 0.361 e. The molecule has 2 aromatic rings. The average molecular weight is 171 g/mol. The Hall–Kier alpha value is -1.24. The maximum absolute atomic E-state index is 3.80. The van der Waals surface area contributed by atoms with Crippen LogP contribution in [0.3, 0.4) is 0 Å². The summed E-state index contributed by atoms with van der Waals surface area (Å²) in [5.41, 5.74) is 2.58. The number of fused-ring (bicyclic) bond motifs is 1. The summed E-state index contributed by atoms with van der Waals surface area (Å²) in [4.78, 5) is 3.26. The maximum atomic E-state index is 3.80. The van der Waals surface area contributed by atoms with Gasteiger partial charge in [-0.05, 0) is 30.9 Å². The molecule has 1 heteroatoms. The SMILES string of the molecule is [CH2]C[CH]Cc1c[nH]c2ccccc12. The van der Waals surface area contributed by atoms with Crippen molar-refractivity contribution in [3.63, 3.8) is 0 Å². The predicted molar refractivity (Wildman–Crippen MR) is 56.3 cm³/mol. The molecule has 0 bridgehead atoms. The number of H-pyrrole nitrogens is 1. The molecule has 0 aliphatic heterocycles. The zero-order valence-corrected chi connectivity index (χ0v) is 7.59. The van der Waals surface area contributed by atoms with E-state index in [-0.39, 0.29) is 0 Å². The fourth-order valence-electron chi connectivity index (χ4n) is 1.56. The van der Waals surface area contributed by atoms with Crippen LogP contribution in [0.1, 0.15) is 12.0 Å². The molecule has 0 saturated carbocycles. The Morgan fingerprint density at radius 1 is 1.31 bits per heavy atom. The predicted octanol–water partition coefficient (Wildman–Crippen LogP) is 3.14. The van der Waals surface area contributed by atoms with Gasteiger partial charge in [0, 0.05) is 17.1 Å². The lowest BCUT2D eigenvalue weighted by Crippen LogP contribution is -1.82. The van der Waals surface area contributed by atoms with Crippen molar-refractivity contribution in [1.29, 1.82) is 0 Å². The van der Waals surface area contributed by atoms with Crippen LogP contribution in [-0.2, 0) is 6.42 Å². The highest BCUT2D eigenvalue weighted by molar-refractivity contribution is 5.83. The number of para-hydroxylation sites is 1. The molecule has 0 fully saturated rings. The molecule has 1 aromatic heterocycles. The number of aromatic nitrogens is 1. The van der Waals surface area contributed by atoms with Crippen LogP contribution in [-0.4, -0.2) is 4.98 Å². The van der Waals surface area contributed by atoms with Crippen LogP contribution < -0.4 is 0 Å². The van der Waals surface area contributed by atoms with Gasteiger partial charge >= 0.3 is 0 Å². The molecule has 0 aliphatic carbocycles. The van der Waals surface area contributed by atoms with Crippen LogP contribution in [0.15, 0.2) is 30.5 Å². The minimum absolute atomic E-state index is 0.888. The summed E-state index contributed by atoms with van der Waals surface area (Å²) in [7, 11) is 0. The minimum atomic E-state index is 0.888. The summed E-state index contributed by atoms with van der Waals surface area (Å²) in [5.74, 6) is 0. The number of rotatable bonds is 3. The highest BCUT2D eigenvalue weighted by Crippen LogP contribution is 2.18. The van der Waals surface area contributed by atoms with E-state index in [0.29, 0.717) is 0 Å². The molecule has 13 heavy (non-hydrogen) atoms. The summed E-state index contributed by atoms with van der Waals surface area (Å²) in [6.07, 6.45) is 6.17. The molecular formula is C12H13N. The lowest BCUT2D eigenvalue weighted by Gasteiger charge is -1.95. The Kier molecular flexibility index (Phi) is 2.35. The van der Waals surface area contributed by atoms with Gasteiger partial charge in [-0.25, -0.2) is 0 Å². The van der Waals surface area contributed by atoms with Crippen LogP contribution in [0.4, 0.5) is 0 Å². The Balaban J connectivity index is 2.35. The summed E-state index contributed by atoms with van der Waals surface area (Å²) < 4.78 is 0. The maximum Gasteiger partial charge on any atom is 0.0456 e. The van der Waals surface area contributed by atoms with Crippen molar-refractivity contribution in [3.8, 4) is 0 Å². The first kappa shape index (κ1) is 8.36. The second-order valence-corrected chi connectivity index (χ2v) is 3.14. The van der Waals surface area contributed by atoms with E-state index in [1.54, 1.807) is 0 Å². The van der Waals surface area contributed by atoms with Gasteiger partial charge in [-0.1, -0.05) is 25.1 Å². The summed E-state index contributed by atoms with van der Waals surface area (Å²) in [6.45, 7) is 3.80. The van der Waals surface area contributed by atoms with Crippen LogP contribution in [0, 0.1) is 13.3 Å². The summed E-state index contributed by atoms with van der Waals surface area (Å²) in [5, 5.41) is 1.33. The fourth-order valence-corrected chi connectivity index (χ4v) is 1.56. The van der Waals surface area contributed by atoms with E-state index in [0.717, 1.165) is 12.8 Å². The van der Waals surface area contributed by atoms with E-state index < -0.39 is 0 Å². The van der Waals surface area contributed by atoms with Crippen LogP contribution in [0.5, 0.6) is 0 Å². The lowest BCUT2D eigenvalue weighted by atomic mass is 10.1. The highest BCUT2D eigenvalue weighted by Gasteiger charge is 2.00. The van der Waals surface area contributed by atoms with E-state index in [4.69, 9.17) is 0 Å². The Morgan fingerprint density at radius 3 is 3.00 bits per heavy atom. The third-order valence-electron chi connectivity index (χ3n) is 2.24. The number of hydrogen-bond acceptors (Lipinski definition) is 0. The van der Waals surface area contributed by atoms with Gasteiger partial charge in [0.2, 0.25) is 0 Å². The molecule has 0 amide bonds. The quantitative estimate of drug-likeness (QED) is 0.730. The van der Waals surface area contributed by atoms with Crippen molar-refractivity contribution in [2.24, 2.45) is 0 Å². The summed E-state index contributed by atoms with van der Waals surface area (Å²) >= 11 is 0.